The molecule has 0 saturated heterocycles. The highest BCUT2D eigenvalue weighted by atomic mass is 79.9. The third kappa shape index (κ3) is 1.86. The second-order valence-corrected chi connectivity index (χ2v) is 3.25. The maximum absolute atomic E-state index is 11.2. The van der Waals surface area contributed by atoms with Crippen molar-refractivity contribution in [3.8, 4) is 11.8 Å². The molecule has 0 fully saturated rings. The van der Waals surface area contributed by atoms with Gasteiger partial charge in [-0.1, -0.05) is 0 Å². The van der Waals surface area contributed by atoms with Crippen LogP contribution in [0.25, 0.3) is 0 Å². The number of phenolic OH excluding ortho intramolecular Hbond substituents is 1. The van der Waals surface area contributed by atoms with Crippen LogP contribution in [-0.4, -0.2) is 18.2 Å². The van der Waals surface area contributed by atoms with Crippen LogP contribution in [0, 0.1) is 11.3 Å². The van der Waals surface area contributed by atoms with Gasteiger partial charge in [0.2, 0.25) is 0 Å². The summed E-state index contributed by atoms with van der Waals surface area (Å²) in [5.74, 6) is -0.755. The minimum Gasteiger partial charge on any atom is -0.508 e. The van der Waals surface area contributed by atoms with Crippen molar-refractivity contribution in [2.45, 2.75) is 0 Å². The van der Waals surface area contributed by atoms with E-state index in [1.54, 1.807) is 0 Å². The average Bonchev–Trinajstić information content (AvgIpc) is 2.19. The number of hydrogen-bond donors (Lipinski definition) is 1. The number of nitriles is 1. The van der Waals surface area contributed by atoms with E-state index in [0.717, 1.165) is 0 Å². The Morgan fingerprint density at radius 2 is 2.29 bits per heavy atom. The predicted octanol–water partition coefficient (Wildman–Crippen LogP) is 1.81. The molecule has 0 aromatic heterocycles. The number of aromatic hydroxyl groups is 1. The smallest absolute Gasteiger partial charge is 0.339 e. The van der Waals surface area contributed by atoms with Crippen LogP contribution in [0.3, 0.4) is 0 Å². The van der Waals surface area contributed by atoms with Crippen LogP contribution in [0.15, 0.2) is 16.6 Å². The number of esters is 1. The van der Waals surface area contributed by atoms with E-state index < -0.39 is 5.97 Å². The molecular weight excluding hydrogens is 250 g/mol. The molecule has 1 aromatic rings. The quantitative estimate of drug-likeness (QED) is 0.778. The fourth-order valence-electron chi connectivity index (χ4n) is 0.949. The molecular formula is C9H6BrNO3. The highest BCUT2D eigenvalue weighted by molar-refractivity contribution is 9.10. The van der Waals surface area contributed by atoms with Gasteiger partial charge in [-0.2, -0.15) is 5.26 Å². The number of hydrogen-bond acceptors (Lipinski definition) is 4. The van der Waals surface area contributed by atoms with Gasteiger partial charge in [-0.3, -0.25) is 0 Å². The summed E-state index contributed by atoms with van der Waals surface area (Å²) in [5.41, 5.74) is 0.314. The van der Waals surface area contributed by atoms with Gasteiger partial charge in [0.1, 0.15) is 11.8 Å². The predicted molar refractivity (Wildman–Crippen MR) is 51.9 cm³/mol. The van der Waals surface area contributed by atoms with Crippen molar-refractivity contribution in [2.24, 2.45) is 0 Å². The van der Waals surface area contributed by atoms with E-state index in [4.69, 9.17) is 5.26 Å². The zero-order valence-corrected chi connectivity index (χ0v) is 8.83. The Kier molecular flexibility index (Phi) is 3.10. The van der Waals surface area contributed by atoms with Gasteiger partial charge in [-0.25, -0.2) is 4.79 Å². The van der Waals surface area contributed by atoms with Crippen molar-refractivity contribution in [1.82, 2.24) is 0 Å². The van der Waals surface area contributed by atoms with Crippen molar-refractivity contribution >= 4 is 21.9 Å². The van der Waals surface area contributed by atoms with Gasteiger partial charge in [0.25, 0.3) is 0 Å². The third-order valence-electron chi connectivity index (χ3n) is 1.58. The highest BCUT2D eigenvalue weighted by Crippen LogP contribution is 2.26. The average molecular weight is 256 g/mol. The molecule has 0 aliphatic heterocycles. The van der Waals surface area contributed by atoms with Gasteiger partial charge in [-0.05, 0) is 28.1 Å². The molecule has 5 heteroatoms. The standard InChI is InChI=1S/C9H6BrNO3/c1-14-9(13)7-3-6(12)2-5(4-11)8(7)10/h2-3,12H,1H3. The number of nitrogens with zero attached hydrogens (tertiary/aromatic N) is 1. The number of carbonyl (C=O) groups excluding carboxylic acids is 1. The van der Waals surface area contributed by atoms with Crippen molar-refractivity contribution in [2.75, 3.05) is 7.11 Å². The Balaban J connectivity index is 3.38. The van der Waals surface area contributed by atoms with E-state index >= 15 is 0 Å². The molecule has 0 unspecified atom stereocenters. The topological polar surface area (TPSA) is 70.3 Å². The Labute approximate surface area is 88.9 Å². The maximum atomic E-state index is 11.2. The summed E-state index contributed by atoms with van der Waals surface area (Å²) in [7, 11) is 1.23. The molecule has 0 atom stereocenters. The van der Waals surface area contributed by atoms with E-state index in [2.05, 4.69) is 20.7 Å². The molecule has 1 N–H and O–H groups in total. The lowest BCUT2D eigenvalue weighted by Gasteiger charge is -2.04. The van der Waals surface area contributed by atoms with E-state index in [-0.39, 0.29) is 16.9 Å². The maximum Gasteiger partial charge on any atom is 0.339 e. The normalized spacial score (nSPS) is 9.21. The molecule has 1 rings (SSSR count). The molecule has 0 aliphatic rings. The van der Waals surface area contributed by atoms with Gasteiger partial charge in [0.05, 0.1) is 22.7 Å². The summed E-state index contributed by atoms with van der Waals surface area (Å²) >= 11 is 3.08. The Hall–Kier alpha value is -1.54. The van der Waals surface area contributed by atoms with Crippen molar-refractivity contribution in [3.05, 3.63) is 27.7 Å². The van der Waals surface area contributed by atoms with Gasteiger partial charge in [-0.15, -0.1) is 0 Å². The van der Waals surface area contributed by atoms with Gasteiger partial charge in [0.15, 0.2) is 0 Å². The van der Waals surface area contributed by atoms with Crippen LogP contribution < -0.4 is 0 Å². The van der Waals surface area contributed by atoms with E-state index in [1.165, 1.54) is 19.2 Å². The van der Waals surface area contributed by atoms with E-state index in [1.807, 2.05) is 6.07 Å². The molecule has 0 aliphatic carbocycles. The van der Waals surface area contributed by atoms with Gasteiger partial charge < -0.3 is 9.84 Å². The van der Waals surface area contributed by atoms with E-state index in [9.17, 15) is 9.90 Å². The van der Waals surface area contributed by atoms with Crippen molar-refractivity contribution in [3.63, 3.8) is 0 Å². The van der Waals surface area contributed by atoms with E-state index in [0.29, 0.717) is 4.47 Å². The number of halogens is 1. The van der Waals surface area contributed by atoms with Crippen LogP contribution in [0.5, 0.6) is 5.75 Å². The summed E-state index contributed by atoms with van der Waals surface area (Å²) in [6, 6.07) is 4.33. The molecule has 0 saturated carbocycles. The molecule has 72 valence electrons. The zero-order chi connectivity index (χ0) is 10.7. The number of benzene rings is 1. The van der Waals surface area contributed by atoms with Gasteiger partial charge >= 0.3 is 5.97 Å². The van der Waals surface area contributed by atoms with Crippen LogP contribution in [0.4, 0.5) is 0 Å². The number of rotatable bonds is 1. The SMILES string of the molecule is COC(=O)c1cc(O)cc(C#N)c1Br. The Morgan fingerprint density at radius 1 is 1.64 bits per heavy atom. The highest BCUT2D eigenvalue weighted by Gasteiger charge is 2.15. The molecule has 0 heterocycles. The largest absolute Gasteiger partial charge is 0.508 e. The molecule has 0 radical (unpaired) electrons. The second-order valence-electron chi connectivity index (χ2n) is 2.46. The summed E-state index contributed by atoms with van der Waals surface area (Å²) in [4.78, 5) is 11.2. The van der Waals surface area contributed by atoms with Crippen LogP contribution >= 0.6 is 15.9 Å². The summed E-state index contributed by atoms with van der Waals surface area (Å²) in [5, 5.41) is 17.9. The molecule has 14 heavy (non-hydrogen) atoms. The summed E-state index contributed by atoms with van der Waals surface area (Å²) in [6.07, 6.45) is 0. The van der Waals surface area contributed by atoms with Crippen LogP contribution in [-0.2, 0) is 4.74 Å². The number of carbonyl (C=O) groups is 1. The lowest BCUT2D eigenvalue weighted by atomic mass is 10.1. The third-order valence-corrected chi connectivity index (χ3v) is 2.44. The Bertz CT molecular complexity index is 423. The Morgan fingerprint density at radius 3 is 2.79 bits per heavy atom. The molecule has 0 spiro atoms. The fraction of sp³-hybridized carbons (Fsp3) is 0.111. The molecule has 1 aromatic carbocycles. The van der Waals surface area contributed by atoms with Crippen molar-refractivity contribution < 1.29 is 14.6 Å². The first-order valence-electron chi connectivity index (χ1n) is 3.61. The minimum atomic E-state index is -0.607. The summed E-state index contributed by atoms with van der Waals surface area (Å²) < 4.78 is 4.81. The van der Waals surface area contributed by atoms with Crippen LogP contribution in [0.2, 0.25) is 0 Å². The lowest BCUT2D eigenvalue weighted by molar-refractivity contribution is 0.0599. The second kappa shape index (κ2) is 4.11. The first-order valence-corrected chi connectivity index (χ1v) is 4.40. The lowest BCUT2D eigenvalue weighted by Crippen LogP contribution is -2.03. The number of phenols is 1. The number of methoxy groups -OCH3 is 1. The van der Waals surface area contributed by atoms with Crippen LogP contribution in [0.1, 0.15) is 15.9 Å². The summed E-state index contributed by atoms with van der Waals surface area (Å²) in [6.45, 7) is 0. The first-order chi connectivity index (χ1) is 6.60. The molecule has 0 bridgehead atoms. The zero-order valence-electron chi connectivity index (χ0n) is 7.24. The fourth-order valence-corrected chi connectivity index (χ4v) is 1.43. The van der Waals surface area contributed by atoms with Crippen molar-refractivity contribution in [1.29, 1.82) is 5.26 Å². The monoisotopic (exact) mass is 255 g/mol. The van der Waals surface area contributed by atoms with Gasteiger partial charge in [0, 0.05) is 0 Å². The minimum absolute atomic E-state index is 0.129. The molecule has 4 nitrogen and oxygen atoms in total. The first kappa shape index (κ1) is 10.5. The number of ether oxygens (including phenoxy) is 1. The molecule has 0 amide bonds.